The maximum absolute atomic E-state index is 15.5. The second kappa shape index (κ2) is 10.4. The number of aliphatic hydroxyl groups is 1. The van der Waals surface area contributed by atoms with E-state index in [2.05, 4.69) is 16.0 Å². The fourth-order valence-corrected chi connectivity index (χ4v) is 5.68. The molecule has 1 saturated carbocycles. The first kappa shape index (κ1) is 27.6. The molecule has 1 atom stereocenters. The van der Waals surface area contributed by atoms with E-state index < -0.39 is 28.6 Å². The molecule has 2 amide bonds. The van der Waals surface area contributed by atoms with Crippen LogP contribution in [0.15, 0.2) is 67.1 Å². The van der Waals surface area contributed by atoms with Gasteiger partial charge in [-0.2, -0.15) is 5.26 Å². The zero-order valence-corrected chi connectivity index (χ0v) is 23.3. The summed E-state index contributed by atoms with van der Waals surface area (Å²) in [6.07, 6.45) is 5.87. The highest BCUT2D eigenvalue weighted by Gasteiger charge is 2.57. The van der Waals surface area contributed by atoms with E-state index in [1.54, 1.807) is 49.6 Å². The number of fused-ring (bicyclic) bond motifs is 1. The van der Waals surface area contributed by atoms with Gasteiger partial charge in [-0.1, -0.05) is 29.8 Å². The van der Waals surface area contributed by atoms with E-state index in [4.69, 9.17) is 16.3 Å². The van der Waals surface area contributed by atoms with Crippen LogP contribution in [0, 0.1) is 22.6 Å². The molecular weight excluding hydrogens is 561 g/mol. The van der Waals surface area contributed by atoms with Crippen LogP contribution in [0.5, 0.6) is 5.75 Å². The summed E-state index contributed by atoms with van der Waals surface area (Å²) in [5.41, 5.74) is -0.816. The monoisotopic (exact) mass is 585 g/mol. The topological polar surface area (TPSA) is 121 Å². The Labute approximate surface area is 245 Å². The van der Waals surface area contributed by atoms with Gasteiger partial charge < -0.3 is 14.4 Å². The van der Waals surface area contributed by atoms with Crippen LogP contribution in [0.1, 0.15) is 56.2 Å². The van der Waals surface area contributed by atoms with E-state index in [0.29, 0.717) is 34.7 Å². The molecule has 2 aromatic heterocycles. The number of benzene rings is 2. The van der Waals surface area contributed by atoms with E-state index in [1.807, 2.05) is 0 Å². The third kappa shape index (κ3) is 4.33. The molecule has 1 fully saturated rings. The molecule has 0 bridgehead atoms. The van der Waals surface area contributed by atoms with Crippen LogP contribution in [-0.4, -0.2) is 49.6 Å². The van der Waals surface area contributed by atoms with Gasteiger partial charge in [-0.15, -0.1) is 0 Å². The molecule has 6 rings (SSSR count). The number of amides is 2. The molecule has 0 spiro atoms. The predicted octanol–water partition coefficient (Wildman–Crippen LogP) is 4.41. The maximum Gasteiger partial charge on any atom is 0.297 e. The van der Waals surface area contributed by atoms with Crippen molar-refractivity contribution in [3.63, 3.8) is 0 Å². The van der Waals surface area contributed by atoms with Gasteiger partial charge in [-0.05, 0) is 54.3 Å². The zero-order valence-electron chi connectivity index (χ0n) is 22.6. The molecule has 1 N–H and O–H groups in total. The zero-order chi connectivity index (χ0) is 29.6. The molecule has 0 saturated heterocycles. The Hall–Kier alpha value is -4.59. The van der Waals surface area contributed by atoms with E-state index in [0.717, 1.165) is 4.90 Å². The Kier molecular flexibility index (Phi) is 6.80. The highest BCUT2D eigenvalue weighted by Crippen LogP contribution is 2.51. The number of carbonyl (C=O) groups excluding carboxylic acids is 2. The minimum atomic E-state index is -1.58. The number of nitriles is 1. The predicted molar refractivity (Wildman–Crippen MR) is 149 cm³/mol. The molecule has 9 nitrogen and oxygen atoms in total. The second-order valence-corrected chi connectivity index (χ2v) is 11.1. The van der Waals surface area contributed by atoms with Crippen molar-refractivity contribution in [2.75, 3.05) is 13.2 Å². The standard InChI is InChI=1S/C31H25ClFN5O4/c1-37-14-13-36-27(37)29(41)38-28(40)25-22(8-9-23(33)26(25)42-18-30(17-39)10-11-30)31(38,20-4-6-21(32)7-5-20)15-24-19(16-34)3-2-12-35-24/h2-9,12-14,39H,10-11,15,17-18H2,1H3/t31-/m1/s1. The van der Waals surface area contributed by atoms with Crippen molar-refractivity contribution in [3.05, 3.63) is 112 Å². The van der Waals surface area contributed by atoms with Gasteiger partial charge in [0, 0.05) is 42.5 Å². The van der Waals surface area contributed by atoms with E-state index in [1.165, 1.54) is 29.1 Å². The fourth-order valence-electron chi connectivity index (χ4n) is 5.56. The maximum atomic E-state index is 15.5. The number of pyridine rings is 1. The molecular formula is C31H25ClFN5O4. The van der Waals surface area contributed by atoms with Crippen molar-refractivity contribution in [2.45, 2.75) is 24.8 Å². The molecule has 212 valence electrons. The Balaban J connectivity index is 1.64. The molecule has 2 aliphatic rings. The number of rotatable bonds is 8. The van der Waals surface area contributed by atoms with Crippen LogP contribution in [0.4, 0.5) is 4.39 Å². The molecule has 0 unspecified atom stereocenters. The molecule has 42 heavy (non-hydrogen) atoms. The Morgan fingerprint density at radius 3 is 2.57 bits per heavy atom. The van der Waals surface area contributed by atoms with E-state index in [9.17, 15) is 20.0 Å². The van der Waals surface area contributed by atoms with E-state index in [-0.39, 0.29) is 42.3 Å². The van der Waals surface area contributed by atoms with Gasteiger partial charge in [0.2, 0.25) is 0 Å². The minimum Gasteiger partial charge on any atom is -0.489 e. The summed E-state index contributed by atoms with van der Waals surface area (Å²) in [6, 6.07) is 14.7. The van der Waals surface area contributed by atoms with Gasteiger partial charge in [0.05, 0.1) is 30.0 Å². The molecule has 1 aliphatic carbocycles. The lowest BCUT2D eigenvalue weighted by atomic mass is 9.78. The number of hydrogen-bond donors (Lipinski definition) is 1. The third-order valence-corrected chi connectivity index (χ3v) is 8.39. The van der Waals surface area contributed by atoms with Crippen molar-refractivity contribution in [2.24, 2.45) is 12.5 Å². The Bertz CT molecular complexity index is 1760. The lowest BCUT2D eigenvalue weighted by Crippen LogP contribution is -2.50. The summed E-state index contributed by atoms with van der Waals surface area (Å²) in [7, 11) is 1.63. The minimum absolute atomic E-state index is 0.00420. The Morgan fingerprint density at radius 2 is 1.93 bits per heavy atom. The molecule has 4 aromatic rings. The summed E-state index contributed by atoms with van der Waals surface area (Å²) in [6.45, 7) is -0.128. The number of nitrogens with zero attached hydrogens (tertiary/aromatic N) is 5. The average molecular weight is 586 g/mol. The number of imidazole rings is 1. The van der Waals surface area contributed by atoms with Gasteiger partial charge in [0.1, 0.15) is 11.6 Å². The van der Waals surface area contributed by atoms with Crippen LogP contribution in [0.25, 0.3) is 0 Å². The number of aliphatic hydroxyl groups excluding tert-OH is 1. The van der Waals surface area contributed by atoms with Crippen LogP contribution in [-0.2, 0) is 19.0 Å². The van der Waals surface area contributed by atoms with Crippen molar-refractivity contribution < 1.29 is 23.8 Å². The van der Waals surface area contributed by atoms with Gasteiger partial charge in [0.25, 0.3) is 11.8 Å². The smallest absolute Gasteiger partial charge is 0.297 e. The highest BCUT2D eigenvalue weighted by atomic mass is 35.5. The number of carbonyl (C=O) groups is 2. The van der Waals surface area contributed by atoms with Crippen molar-refractivity contribution >= 4 is 23.4 Å². The third-order valence-electron chi connectivity index (χ3n) is 8.14. The van der Waals surface area contributed by atoms with Gasteiger partial charge in [-0.25, -0.2) is 9.37 Å². The first-order chi connectivity index (χ1) is 20.2. The number of halogens is 2. The number of aryl methyl sites for hydroxylation is 1. The highest BCUT2D eigenvalue weighted by molar-refractivity contribution is 6.30. The van der Waals surface area contributed by atoms with Crippen LogP contribution < -0.4 is 4.74 Å². The summed E-state index contributed by atoms with van der Waals surface area (Å²) in [4.78, 5) is 38.5. The SMILES string of the molecule is Cn1ccnc1C(=O)N1C(=O)c2c(ccc(F)c2OCC2(CO)CC2)[C@@]1(Cc1ncccc1C#N)c1ccc(Cl)cc1. The quantitative estimate of drug-likeness (QED) is 0.304. The summed E-state index contributed by atoms with van der Waals surface area (Å²) < 4.78 is 22.9. The normalized spacial score (nSPS) is 18.5. The van der Waals surface area contributed by atoms with Crippen LogP contribution in [0.3, 0.4) is 0 Å². The molecule has 0 radical (unpaired) electrons. The van der Waals surface area contributed by atoms with Gasteiger partial charge >= 0.3 is 0 Å². The van der Waals surface area contributed by atoms with Crippen LogP contribution >= 0.6 is 11.6 Å². The fraction of sp³-hybridized carbons (Fsp3) is 0.258. The number of ether oxygens (including phenoxy) is 1. The number of hydrogen-bond acceptors (Lipinski definition) is 7. The molecule has 3 heterocycles. The summed E-state index contributed by atoms with van der Waals surface area (Å²) in [5.74, 6) is -2.61. The first-order valence-corrected chi connectivity index (χ1v) is 13.7. The van der Waals surface area contributed by atoms with Gasteiger partial charge in [0.15, 0.2) is 17.4 Å². The summed E-state index contributed by atoms with van der Waals surface area (Å²) in [5, 5.41) is 20.1. The average Bonchev–Trinajstić information content (AvgIpc) is 3.58. The Morgan fingerprint density at radius 1 is 1.17 bits per heavy atom. The van der Waals surface area contributed by atoms with Crippen molar-refractivity contribution in [1.29, 1.82) is 5.26 Å². The first-order valence-electron chi connectivity index (χ1n) is 13.3. The molecule has 11 heteroatoms. The molecule has 1 aliphatic heterocycles. The van der Waals surface area contributed by atoms with Crippen molar-refractivity contribution in [3.8, 4) is 11.8 Å². The van der Waals surface area contributed by atoms with E-state index >= 15 is 4.39 Å². The van der Waals surface area contributed by atoms with Crippen molar-refractivity contribution in [1.82, 2.24) is 19.4 Å². The summed E-state index contributed by atoms with van der Waals surface area (Å²) >= 11 is 6.24. The number of aromatic nitrogens is 3. The lowest BCUT2D eigenvalue weighted by Gasteiger charge is -2.38. The number of imide groups is 1. The lowest BCUT2D eigenvalue weighted by molar-refractivity contribution is 0.0476. The second-order valence-electron chi connectivity index (χ2n) is 10.7. The largest absolute Gasteiger partial charge is 0.489 e. The molecule has 2 aromatic carbocycles. The van der Waals surface area contributed by atoms with Crippen LogP contribution in [0.2, 0.25) is 5.02 Å². The van der Waals surface area contributed by atoms with Gasteiger partial charge in [-0.3, -0.25) is 19.5 Å².